The predicted molar refractivity (Wildman–Crippen MR) is 253 cm³/mol. The Hall–Kier alpha value is -0.920. The van der Waals surface area contributed by atoms with E-state index < -0.39 is 0 Å². The number of hydrogen-bond donors (Lipinski definition) is 0. The molecule has 0 aliphatic rings. The van der Waals surface area contributed by atoms with Crippen LogP contribution in [0.5, 0.6) is 0 Å². The van der Waals surface area contributed by atoms with E-state index in [-0.39, 0.29) is 0 Å². The first kappa shape index (κ1) is 53.1. The highest BCUT2D eigenvalue weighted by molar-refractivity contribution is 5.12. The molecule has 330 valence electrons. The van der Waals surface area contributed by atoms with Crippen LogP contribution in [0.2, 0.25) is 0 Å². The molecule has 1 rings (SSSR count). The van der Waals surface area contributed by atoms with Gasteiger partial charge in [-0.25, -0.2) is 9.97 Å². The van der Waals surface area contributed by atoms with Crippen molar-refractivity contribution in [1.29, 1.82) is 0 Å². The molecule has 2 nitrogen and oxygen atoms in total. The molecule has 2 heteroatoms. The Bertz CT molecular complexity index is 813. The molecule has 1 aromatic rings. The molecule has 0 N–H and O–H groups in total. The predicted octanol–water partition coefficient (Wildman–Crippen LogP) is 19.3. The van der Waals surface area contributed by atoms with Crippen LogP contribution in [0.4, 0.5) is 0 Å². The summed E-state index contributed by atoms with van der Waals surface area (Å²) in [5, 5.41) is 0. The Morgan fingerprint density at radius 3 is 0.607 bits per heavy atom. The molecule has 0 bridgehead atoms. The number of rotatable bonds is 47. The van der Waals surface area contributed by atoms with Gasteiger partial charge in [0.15, 0.2) is 0 Å². The Labute approximate surface area is 354 Å². The third-order valence-corrected chi connectivity index (χ3v) is 12.8. The number of hydrogen-bond acceptors (Lipinski definition) is 2. The number of aryl methyl sites for hydroxylation is 3. The second-order valence-electron chi connectivity index (χ2n) is 18.5. The van der Waals surface area contributed by atoms with Gasteiger partial charge in [0.05, 0.1) is 0 Å². The lowest BCUT2D eigenvalue weighted by Crippen LogP contribution is -2.03. The smallest absolute Gasteiger partial charge is 0.128 e. The van der Waals surface area contributed by atoms with Crippen molar-refractivity contribution in [2.75, 3.05) is 0 Å². The van der Waals surface area contributed by atoms with Crippen molar-refractivity contribution < 1.29 is 0 Å². The lowest BCUT2D eigenvalue weighted by Gasteiger charge is -2.08. The van der Waals surface area contributed by atoms with Gasteiger partial charge < -0.3 is 0 Å². The summed E-state index contributed by atoms with van der Waals surface area (Å²) >= 11 is 0. The van der Waals surface area contributed by atoms with Gasteiger partial charge in [-0.1, -0.05) is 290 Å². The molecule has 0 amide bonds. The molecular formula is C54H104N2. The van der Waals surface area contributed by atoms with Crippen LogP contribution in [0, 0.1) is 0 Å². The summed E-state index contributed by atoms with van der Waals surface area (Å²) in [5.41, 5.74) is 2.61. The van der Waals surface area contributed by atoms with Gasteiger partial charge in [-0.15, -0.1) is 0 Å². The Morgan fingerprint density at radius 1 is 0.250 bits per heavy atom. The van der Waals surface area contributed by atoms with Crippen LogP contribution in [0.25, 0.3) is 0 Å². The van der Waals surface area contributed by atoms with Gasteiger partial charge in [0.25, 0.3) is 0 Å². The number of aromatic nitrogens is 2. The molecule has 1 aromatic heterocycles. The average Bonchev–Trinajstić information content (AvgIpc) is 3.21. The molecule has 56 heavy (non-hydrogen) atoms. The third-order valence-electron chi connectivity index (χ3n) is 12.8. The summed E-state index contributed by atoms with van der Waals surface area (Å²) in [7, 11) is 0. The van der Waals surface area contributed by atoms with Crippen LogP contribution in [-0.2, 0) is 19.3 Å². The molecule has 0 aliphatic heterocycles. The normalized spacial score (nSPS) is 11.6. The minimum absolute atomic E-state index is 0.958. The minimum Gasteiger partial charge on any atom is -0.238 e. The van der Waals surface area contributed by atoms with Gasteiger partial charge >= 0.3 is 0 Å². The highest BCUT2D eigenvalue weighted by Crippen LogP contribution is 2.18. The first-order valence-electron chi connectivity index (χ1n) is 26.7. The zero-order chi connectivity index (χ0) is 40.1. The summed E-state index contributed by atoms with van der Waals surface area (Å²) < 4.78 is 0. The van der Waals surface area contributed by atoms with Crippen molar-refractivity contribution >= 4 is 0 Å². The summed E-state index contributed by atoms with van der Waals surface area (Å²) in [6, 6.07) is 2.34. The quantitative estimate of drug-likeness (QED) is 0.0616. The van der Waals surface area contributed by atoms with E-state index in [1.807, 2.05) is 0 Å². The van der Waals surface area contributed by atoms with Crippen molar-refractivity contribution in [3.8, 4) is 0 Å². The third kappa shape index (κ3) is 38.6. The molecular weight excluding hydrogens is 677 g/mol. The van der Waals surface area contributed by atoms with E-state index in [1.165, 1.54) is 294 Å². The number of nitrogens with zero attached hydrogens (tertiary/aromatic N) is 2. The Morgan fingerprint density at radius 2 is 0.429 bits per heavy atom. The molecule has 0 saturated heterocycles. The van der Waals surface area contributed by atoms with E-state index >= 15 is 0 Å². The topological polar surface area (TPSA) is 25.8 Å². The zero-order valence-electron chi connectivity index (χ0n) is 39.2. The van der Waals surface area contributed by atoms with E-state index in [0.29, 0.717) is 0 Å². The van der Waals surface area contributed by atoms with Gasteiger partial charge in [0.2, 0.25) is 0 Å². The first-order valence-corrected chi connectivity index (χ1v) is 26.7. The van der Waals surface area contributed by atoms with Gasteiger partial charge in [0.1, 0.15) is 5.82 Å². The van der Waals surface area contributed by atoms with E-state index in [0.717, 1.165) is 25.1 Å². The van der Waals surface area contributed by atoms with Crippen LogP contribution in [-0.4, -0.2) is 9.97 Å². The van der Waals surface area contributed by atoms with Crippen LogP contribution >= 0.6 is 0 Å². The van der Waals surface area contributed by atoms with Crippen molar-refractivity contribution in [3.05, 3.63) is 23.3 Å². The Kier molecular flexibility index (Phi) is 42.8. The van der Waals surface area contributed by atoms with E-state index in [9.17, 15) is 0 Å². The van der Waals surface area contributed by atoms with Crippen molar-refractivity contribution in [3.63, 3.8) is 0 Å². The Balaban J connectivity index is 1.87. The van der Waals surface area contributed by atoms with Crippen molar-refractivity contribution in [2.24, 2.45) is 0 Å². The van der Waals surface area contributed by atoms with Crippen LogP contribution < -0.4 is 0 Å². The second kappa shape index (κ2) is 45.2. The van der Waals surface area contributed by atoms with Gasteiger partial charge in [-0.3, -0.25) is 0 Å². The van der Waals surface area contributed by atoms with Gasteiger partial charge in [-0.2, -0.15) is 0 Å². The molecule has 0 unspecified atom stereocenters. The molecule has 0 radical (unpaired) electrons. The van der Waals surface area contributed by atoms with Crippen LogP contribution in [0.1, 0.15) is 320 Å². The fourth-order valence-electron chi connectivity index (χ4n) is 8.86. The zero-order valence-corrected chi connectivity index (χ0v) is 39.2. The fourth-order valence-corrected chi connectivity index (χ4v) is 8.86. The van der Waals surface area contributed by atoms with Crippen LogP contribution in [0.15, 0.2) is 6.07 Å². The lowest BCUT2D eigenvalue weighted by molar-refractivity contribution is 0.518. The summed E-state index contributed by atoms with van der Waals surface area (Å²) in [5.74, 6) is 1.06. The van der Waals surface area contributed by atoms with E-state index in [1.54, 1.807) is 0 Å². The van der Waals surface area contributed by atoms with E-state index in [2.05, 4.69) is 26.8 Å². The van der Waals surface area contributed by atoms with Crippen LogP contribution in [0.3, 0.4) is 0 Å². The second-order valence-corrected chi connectivity index (χ2v) is 18.5. The standard InChI is InChI=1S/C54H104N2/c1-4-7-9-11-13-15-17-19-21-23-25-27-29-31-33-35-37-39-41-43-45-47-49-52-51-53(56-54(6-3)55-52)50-48-46-44-42-40-38-36-34-32-30-28-26-24-22-20-18-16-14-12-10-8-5-2/h51H,4-50H2,1-3H3. The fraction of sp³-hybridized carbons (Fsp3) is 0.926. The van der Waals surface area contributed by atoms with Gasteiger partial charge in [0, 0.05) is 17.8 Å². The lowest BCUT2D eigenvalue weighted by atomic mass is 10.0. The first-order chi connectivity index (χ1) is 27.8. The van der Waals surface area contributed by atoms with Crippen molar-refractivity contribution in [2.45, 2.75) is 323 Å². The SMILES string of the molecule is CCCCCCCCCCCCCCCCCCCCCCCCc1cc(CCCCCCCCCCCCCCCCCCCCCCCC)nc(CC)n1. The molecule has 0 aromatic carbocycles. The molecule has 0 spiro atoms. The summed E-state index contributed by atoms with van der Waals surface area (Å²) in [4.78, 5) is 9.81. The van der Waals surface area contributed by atoms with Gasteiger partial charge in [-0.05, 0) is 31.7 Å². The van der Waals surface area contributed by atoms with E-state index in [4.69, 9.17) is 9.97 Å². The molecule has 0 aliphatic carbocycles. The summed E-state index contributed by atoms with van der Waals surface area (Å²) in [6.45, 7) is 6.83. The average molecular weight is 781 g/mol. The molecule has 0 saturated carbocycles. The molecule has 0 atom stereocenters. The monoisotopic (exact) mass is 781 g/mol. The molecule has 1 heterocycles. The van der Waals surface area contributed by atoms with Crippen molar-refractivity contribution in [1.82, 2.24) is 9.97 Å². The highest BCUT2D eigenvalue weighted by atomic mass is 14.9. The maximum Gasteiger partial charge on any atom is 0.128 e. The highest BCUT2D eigenvalue weighted by Gasteiger charge is 2.05. The maximum absolute atomic E-state index is 4.90. The minimum atomic E-state index is 0.958. The number of unbranched alkanes of at least 4 members (excludes halogenated alkanes) is 42. The maximum atomic E-state index is 4.90. The molecule has 0 fully saturated rings. The largest absolute Gasteiger partial charge is 0.238 e. The summed E-state index contributed by atoms with van der Waals surface area (Å²) in [6.07, 6.45) is 66.8.